The minimum absolute atomic E-state index is 0.238. The monoisotopic (exact) mass is 322 g/mol. The van der Waals surface area contributed by atoms with Crippen LogP contribution in [-0.2, 0) is 6.54 Å². The van der Waals surface area contributed by atoms with Crippen molar-refractivity contribution in [3.05, 3.63) is 36.4 Å². The first kappa shape index (κ1) is 19.5. The molecule has 2 N–H and O–H groups in total. The first-order chi connectivity index (χ1) is 11.0. The molecule has 0 spiro atoms. The molecule has 0 saturated heterocycles. The van der Waals surface area contributed by atoms with Crippen molar-refractivity contribution in [3.8, 4) is 11.5 Å². The third-order valence-corrected chi connectivity index (χ3v) is 3.66. The maximum atomic E-state index is 10.1. The molecular formula is C18H30N2O3. The van der Waals surface area contributed by atoms with Gasteiger partial charge in [-0.15, -0.1) is 6.58 Å². The fourth-order valence-electron chi connectivity index (χ4n) is 2.04. The summed E-state index contributed by atoms with van der Waals surface area (Å²) in [6, 6.07) is 6.20. The number of likely N-dealkylation sites (N-methyl/N-ethyl adjacent to an activating group) is 1. The van der Waals surface area contributed by atoms with Crippen molar-refractivity contribution in [2.75, 3.05) is 33.9 Å². The van der Waals surface area contributed by atoms with Crippen LogP contribution >= 0.6 is 0 Å². The number of rotatable bonds is 11. The second-order valence-corrected chi connectivity index (χ2v) is 5.90. The van der Waals surface area contributed by atoms with Crippen LogP contribution in [-0.4, -0.2) is 56.0 Å². The summed E-state index contributed by atoms with van der Waals surface area (Å²) >= 11 is 0. The lowest BCUT2D eigenvalue weighted by molar-refractivity contribution is 0.0668. The second kappa shape index (κ2) is 10.3. The lowest BCUT2D eigenvalue weighted by Crippen LogP contribution is -2.36. The van der Waals surface area contributed by atoms with Crippen molar-refractivity contribution in [2.45, 2.75) is 32.5 Å². The maximum Gasteiger partial charge on any atom is 0.161 e. The van der Waals surface area contributed by atoms with Gasteiger partial charge in [0.1, 0.15) is 12.7 Å². The van der Waals surface area contributed by atoms with Crippen LogP contribution in [0.4, 0.5) is 0 Å². The number of aliphatic hydroxyl groups is 1. The van der Waals surface area contributed by atoms with Gasteiger partial charge < -0.3 is 24.8 Å². The Labute approximate surface area is 139 Å². The average Bonchev–Trinajstić information content (AvgIpc) is 2.53. The number of methoxy groups -OCH3 is 1. The summed E-state index contributed by atoms with van der Waals surface area (Å²) in [5, 5.41) is 13.3. The number of aliphatic hydroxyl groups excluding tert-OH is 1. The molecule has 5 heteroatoms. The van der Waals surface area contributed by atoms with Crippen molar-refractivity contribution in [1.29, 1.82) is 0 Å². The number of hydrogen-bond donors (Lipinski definition) is 2. The molecule has 0 fully saturated rings. The zero-order valence-corrected chi connectivity index (χ0v) is 14.7. The Bertz CT molecular complexity index is 477. The largest absolute Gasteiger partial charge is 0.493 e. The normalized spacial score (nSPS) is 12.5. The topological polar surface area (TPSA) is 54.0 Å². The summed E-state index contributed by atoms with van der Waals surface area (Å²) in [5.74, 6) is 1.32. The molecule has 1 rings (SSSR count). The van der Waals surface area contributed by atoms with E-state index in [2.05, 4.69) is 30.6 Å². The molecular weight excluding hydrogens is 292 g/mol. The minimum atomic E-state index is -0.541. The van der Waals surface area contributed by atoms with Gasteiger partial charge in [0.2, 0.25) is 0 Å². The van der Waals surface area contributed by atoms with Gasteiger partial charge in [0.15, 0.2) is 11.5 Å². The Morgan fingerprint density at radius 3 is 2.70 bits per heavy atom. The zero-order chi connectivity index (χ0) is 17.2. The van der Waals surface area contributed by atoms with E-state index in [-0.39, 0.29) is 6.61 Å². The minimum Gasteiger partial charge on any atom is -0.493 e. The van der Waals surface area contributed by atoms with Gasteiger partial charge in [0.05, 0.1) is 7.11 Å². The Kier molecular flexibility index (Phi) is 8.69. The van der Waals surface area contributed by atoms with E-state index in [4.69, 9.17) is 9.47 Å². The van der Waals surface area contributed by atoms with Crippen LogP contribution in [0.15, 0.2) is 30.9 Å². The number of nitrogens with zero attached hydrogens (tertiary/aromatic N) is 1. The van der Waals surface area contributed by atoms with Gasteiger partial charge in [-0.3, -0.25) is 0 Å². The van der Waals surface area contributed by atoms with E-state index >= 15 is 0 Å². The Hall–Kier alpha value is -1.56. The molecule has 0 radical (unpaired) electrons. The summed E-state index contributed by atoms with van der Waals surface area (Å²) in [7, 11) is 3.60. The third-order valence-electron chi connectivity index (χ3n) is 3.66. The number of nitrogens with one attached hydrogen (secondary N) is 1. The van der Waals surface area contributed by atoms with Gasteiger partial charge in [0, 0.05) is 25.7 Å². The van der Waals surface area contributed by atoms with Crippen LogP contribution in [0.3, 0.4) is 0 Å². The SMILES string of the molecule is C=CCNCc1ccc(OCC(O)CN(C)C(C)C)c(OC)c1. The Morgan fingerprint density at radius 2 is 2.09 bits per heavy atom. The molecule has 1 aromatic rings. The van der Waals surface area contributed by atoms with Crippen LogP contribution in [0.25, 0.3) is 0 Å². The van der Waals surface area contributed by atoms with Crippen molar-refractivity contribution in [1.82, 2.24) is 10.2 Å². The van der Waals surface area contributed by atoms with Crippen molar-refractivity contribution in [2.24, 2.45) is 0 Å². The molecule has 0 aromatic heterocycles. The van der Waals surface area contributed by atoms with Crippen molar-refractivity contribution in [3.63, 3.8) is 0 Å². The molecule has 1 atom stereocenters. The van der Waals surface area contributed by atoms with E-state index in [9.17, 15) is 5.11 Å². The van der Waals surface area contributed by atoms with Crippen molar-refractivity contribution >= 4 is 0 Å². The quantitative estimate of drug-likeness (QED) is 0.482. The fourth-order valence-corrected chi connectivity index (χ4v) is 2.04. The predicted octanol–water partition coefficient (Wildman–Crippen LogP) is 2.05. The van der Waals surface area contributed by atoms with E-state index in [0.717, 1.165) is 18.7 Å². The summed E-state index contributed by atoms with van der Waals surface area (Å²) in [5.41, 5.74) is 1.11. The Morgan fingerprint density at radius 1 is 1.35 bits per heavy atom. The highest BCUT2D eigenvalue weighted by molar-refractivity contribution is 5.43. The van der Waals surface area contributed by atoms with Gasteiger partial charge in [0.25, 0.3) is 0 Å². The summed E-state index contributed by atoms with van der Waals surface area (Å²) in [6.45, 7) is 10.2. The van der Waals surface area contributed by atoms with Crippen LogP contribution in [0.1, 0.15) is 19.4 Å². The molecule has 5 nitrogen and oxygen atoms in total. The highest BCUT2D eigenvalue weighted by Gasteiger charge is 2.13. The van der Waals surface area contributed by atoms with Crippen LogP contribution in [0.2, 0.25) is 0 Å². The summed E-state index contributed by atoms with van der Waals surface area (Å²) in [4.78, 5) is 2.08. The lowest BCUT2D eigenvalue weighted by atomic mass is 10.2. The molecule has 0 aliphatic carbocycles. The van der Waals surface area contributed by atoms with Gasteiger partial charge in [-0.25, -0.2) is 0 Å². The van der Waals surface area contributed by atoms with Crippen LogP contribution in [0.5, 0.6) is 11.5 Å². The molecule has 0 bridgehead atoms. The van der Waals surface area contributed by atoms with E-state index in [1.165, 1.54) is 0 Å². The molecule has 1 unspecified atom stereocenters. The molecule has 0 aliphatic heterocycles. The molecule has 130 valence electrons. The first-order valence-electron chi connectivity index (χ1n) is 7.97. The molecule has 0 aliphatic rings. The second-order valence-electron chi connectivity index (χ2n) is 5.90. The molecule has 0 heterocycles. The van der Waals surface area contributed by atoms with E-state index in [0.29, 0.717) is 24.1 Å². The predicted molar refractivity (Wildman–Crippen MR) is 94.2 cm³/mol. The average molecular weight is 322 g/mol. The third kappa shape index (κ3) is 7.03. The molecule has 0 amide bonds. The van der Waals surface area contributed by atoms with Crippen LogP contribution in [0, 0.1) is 0 Å². The molecule has 1 aromatic carbocycles. The molecule has 0 saturated carbocycles. The standard InChI is InChI=1S/C18H30N2O3/c1-6-9-19-11-15-7-8-17(18(10-15)22-5)23-13-16(21)12-20(4)14(2)3/h6-8,10,14,16,19,21H,1,9,11-13H2,2-5H3. The Balaban J connectivity index is 2.57. The van der Waals surface area contributed by atoms with Crippen LogP contribution < -0.4 is 14.8 Å². The van der Waals surface area contributed by atoms with Gasteiger partial charge in [-0.05, 0) is 38.6 Å². The number of benzene rings is 1. The zero-order valence-electron chi connectivity index (χ0n) is 14.7. The number of hydrogen-bond acceptors (Lipinski definition) is 5. The molecule has 23 heavy (non-hydrogen) atoms. The fraction of sp³-hybridized carbons (Fsp3) is 0.556. The number of ether oxygens (including phenoxy) is 2. The highest BCUT2D eigenvalue weighted by Crippen LogP contribution is 2.28. The maximum absolute atomic E-state index is 10.1. The van der Waals surface area contributed by atoms with Gasteiger partial charge >= 0.3 is 0 Å². The first-order valence-corrected chi connectivity index (χ1v) is 7.97. The smallest absolute Gasteiger partial charge is 0.161 e. The lowest BCUT2D eigenvalue weighted by Gasteiger charge is -2.24. The van der Waals surface area contributed by atoms with E-state index in [1.807, 2.05) is 31.3 Å². The van der Waals surface area contributed by atoms with Crippen molar-refractivity contribution < 1.29 is 14.6 Å². The highest BCUT2D eigenvalue weighted by atomic mass is 16.5. The van der Waals surface area contributed by atoms with Gasteiger partial charge in [-0.2, -0.15) is 0 Å². The van der Waals surface area contributed by atoms with E-state index < -0.39 is 6.10 Å². The summed E-state index contributed by atoms with van der Waals surface area (Å²) in [6.07, 6.45) is 1.28. The summed E-state index contributed by atoms with van der Waals surface area (Å²) < 4.78 is 11.1. The van der Waals surface area contributed by atoms with Gasteiger partial charge in [-0.1, -0.05) is 12.1 Å². The van der Waals surface area contributed by atoms with E-state index in [1.54, 1.807) is 7.11 Å².